The maximum absolute atomic E-state index is 14.0. The van der Waals surface area contributed by atoms with Crippen LogP contribution in [0.25, 0.3) is 16.6 Å². The number of hydrogen-bond acceptors (Lipinski definition) is 4. The van der Waals surface area contributed by atoms with Crippen LogP contribution in [0.4, 0.5) is 0 Å². The number of aromatic nitrogens is 2. The van der Waals surface area contributed by atoms with Crippen molar-refractivity contribution in [2.24, 2.45) is 0 Å². The van der Waals surface area contributed by atoms with Crippen LogP contribution in [0, 0.1) is 6.92 Å². The summed E-state index contributed by atoms with van der Waals surface area (Å²) in [5, 5.41) is 0.514. The number of carbonyl (C=O) groups excluding carboxylic acids is 1. The van der Waals surface area contributed by atoms with Crippen LogP contribution < -0.4 is 10.3 Å². The number of amides is 1. The van der Waals surface area contributed by atoms with Crippen molar-refractivity contribution in [3.8, 4) is 11.4 Å². The number of para-hydroxylation sites is 1. The fourth-order valence-electron chi connectivity index (χ4n) is 4.74. The molecule has 4 rings (SSSR count). The number of hydrogen-bond donors (Lipinski definition) is 0. The lowest BCUT2D eigenvalue weighted by atomic mass is 10.1. The van der Waals surface area contributed by atoms with Gasteiger partial charge in [-0.3, -0.25) is 14.2 Å². The highest BCUT2D eigenvalue weighted by atomic mass is 79.9. The third-order valence-corrected chi connectivity index (χ3v) is 7.30. The number of aryl methyl sites for hydroxylation is 1. The summed E-state index contributed by atoms with van der Waals surface area (Å²) in [6.45, 7) is 6.65. The standard InChI is InChI=1S/C31H34BrN3O3/c1-5-6-7-10-18-34(30(36)23-12-11-13-24(32)20-23)22(3)29-33-26-15-9-8-14-25(26)31(37)35(29)27-19-21(2)16-17-28(27)38-4/h8-9,11-17,19-20,22H,5-7,10,18H2,1-4H3. The smallest absolute Gasteiger partial charge is 0.266 e. The summed E-state index contributed by atoms with van der Waals surface area (Å²) in [4.78, 5) is 34.7. The van der Waals surface area contributed by atoms with E-state index in [2.05, 4.69) is 22.9 Å². The van der Waals surface area contributed by atoms with Gasteiger partial charge in [0.2, 0.25) is 0 Å². The summed E-state index contributed by atoms with van der Waals surface area (Å²) < 4.78 is 8.12. The molecular weight excluding hydrogens is 542 g/mol. The van der Waals surface area contributed by atoms with E-state index in [-0.39, 0.29) is 11.5 Å². The molecule has 1 amide bonds. The zero-order valence-corrected chi connectivity index (χ0v) is 24.0. The molecule has 0 N–H and O–H groups in total. The van der Waals surface area contributed by atoms with Gasteiger partial charge in [-0.15, -0.1) is 0 Å². The predicted molar refractivity (Wildman–Crippen MR) is 156 cm³/mol. The van der Waals surface area contributed by atoms with Gasteiger partial charge in [-0.05, 0) is 68.3 Å². The Bertz CT molecular complexity index is 1500. The van der Waals surface area contributed by atoms with Gasteiger partial charge in [-0.2, -0.15) is 0 Å². The fraction of sp³-hybridized carbons (Fsp3) is 0.323. The van der Waals surface area contributed by atoms with Crippen LogP contribution in [0.3, 0.4) is 0 Å². The molecule has 0 aliphatic rings. The molecule has 0 spiro atoms. The van der Waals surface area contributed by atoms with Crippen LogP contribution in [0.2, 0.25) is 0 Å². The fourth-order valence-corrected chi connectivity index (χ4v) is 5.14. The van der Waals surface area contributed by atoms with Gasteiger partial charge in [0.15, 0.2) is 0 Å². The molecule has 1 unspecified atom stereocenters. The molecule has 7 heteroatoms. The molecule has 0 saturated heterocycles. The van der Waals surface area contributed by atoms with Crippen molar-refractivity contribution < 1.29 is 9.53 Å². The first kappa shape index (κ1) is 27.6. The number of unbranched alkanes of at least 4 members (excludes halogenated alkanes) is 3. The van der Waals surface area contributed by atoms with E-state index in [1.165, 1.54) is 0 Å². The highest BCUT2D eigenvalue weighted by Gasteiger charge is 2.28. The van der Waals surface area contributed by atoms with Crippen LogP contribution in [-0.2, 0) is 0 Å². The van der Waals surface area contributed by atoms with E-state index in [1.807, 2.05) is 79.4 Å². The average molecular weight is 577 g/mol. The zero-order chi connectivity index (χ0) is 27.2. The van der Waals surface area contributed by atoms with Crippen molar-refractivity contribution in [1.82, 2.24) is 14.5 Å². The van der Waals surface area contributed by atoms with Crippen LogP contribution in [0.5, 0.6) is 5.75 Å². The number of methoxy groups -OCH3 is 1. The Morgan fingerprint density at radius 2 is 1.84 bits per heavy atom. The lowest BCUT2D eigenvalue weighted by Crippen LogP contribution is -2.38. The molecular formula is C31H34BrN3O3. The summed E-state index contributed by atoms with van der Waals surface area (Å²) in [6.07, 6.45) is 4.10. The summed E-state index contributed by atoms with van der Waals surface area (Å²) in [5.74, 6) is 0.966. The predicted octanol–water partition coefficient (Wildman–Crippen LogP) is 7.25. The van der Waals surface area contributed by atoms with Crippen molar-refractivity contribution in [2.75, 3.05) is 13.7 Å². The first-order valence-corrected chi connectivity index (χ1v) is 13.9. The van der Waals surface area contributed by atoms with E-state index in [9.17, 15) is 9.59 Å². The molecule has 0 bridgehead atoms. The molecule has 0 fully saturated rings. The molecule has 1 atom stereocenters. The first-order chi connectivity index (χ1) is 18.3. The monoisotopic (exact) mass is 575 g/mol. The van der Waals surface area contributed by atoms with Gasteiger partial charge in [0.1, 0.15) is 11.6 Å². The number of halogens is 1. The van der Waals surface area contributed by atoms with Crippen LogP contribution in [0.15, 0.2) is 76.0 Å². The Morgan fingerprint density at radius 3 is 2.58 bits per heavy atom. The number of benzene rings is 3. The van der Waals surface area contributed by atoms with Gasteiger partial charge in [-0.25, -0.2) is 4.98 Å². The van der Waals surface area contributed by atoms with Gasteiger partial charge in [0, 0.05) is 16.6 Å². The quantitative estimate of drug-likeness (QED) is 0.187. The van der Waals surface area contributed by atoms with Crippen LogP contribution in [-0.4, -0.2) is 34.0 Å². The molecule has 0 aliphatic heterocycles. The first-order valence-electron chi connectivity index (χ1n) is 13.1. The van der Waals surface area contributed by atoms with E-state index >= 15 is 0 Å². The van der Waals surface area contributed by atoms with Crippen LogP contribution >= 0.6 is 15.9 Å². The van der Waals surface area contributed by atoms with Gasteiger partial charge in [-0.1, -0.05) is 66.4 Å². The normalized spacial score (nSPS) is 11.9. The van der Waals surface area contributed by atoms with E-state index < -0.39 is 6.04 Å². The molecule has 4 aromatic rings. The summed E-state index contributed by atoms with van der Waals surface area (Å²) in [6, 6.07) is 20.0. The number of carbonyl (C=O) groups is 1. The van der Waals surface area contributed by atoms with E-state index in [0.29, 0.717) is 40.3 Å². The number of ether oxygens (including phenoxy) is 1. The second-order valence-corrected chi connectivity index (χ2v) is 10.5. The number of fused-ring (bicyclic) bond motifs is 1. The summed E-state index contributed by atoms with van der Waals surface area (Å²) >= 11 is 3.49. The summed E-state index contributed by atoms with van der Waals surface area (Å²) in [5.41, 5.74) is 2.59. The zero-order valence-electron chi connectivity index (χ0n) is 22.4. The second kappa shape index (κ2) is 12.4. The van der Waals surface area contributed by atoms with E-state index in [1.54, 1.807) is 17.7 Å². The number of nitrogens with zero attached hydrogens (tertiary/aromatic N) is 3. The van der Waals surface area contributed by atoms with Gasteiger partial charge in [0.25, 0.3) is 11.5 Å². The third-order valence-electron chi connectivity index (χ3n) is 6.80. The Balaban J connectivity index is 1.91. The molecule has 1 heterocycles. The maximum atomic E-state index is 14.0. The minimum atomic E-state index is -0.481. The summed E-state index contributed by atoms with van der Waals surface area (Å²) in [7, 11) is 1.59. The molecule has 0 saturated carbocycles. The molecule has 1 aromatic heterocycles. The highest BCUT2D eigenvalue weighted by molar-refractivity contribution is 9.10. The Labute approximate surface area is 232 Å². The lowest BCUT2D eigenvalue weighted by molar-refractivity contribution is 0.0677. The largest absolute Gasteiger partial charge is 0.495 e. The highest BCUT2D eigenvalue weighted by Crippen LogP contribution is 2.30. The molecule has 3 aromatic carbocycles. The lowest BCUT2D eigenvalue weighted by Gasteiger charge is -2.31. The van der Waals surface area contributed by atoms with Crippen molar-refractivity contribution in [2.45, 2.75) is 52.5 Å². The van der Waals surface area contributed by atoms with E-state index in [4.69, 9.17) is 9.72 Å². The molecule has 38 heavy (non-hydrogen) atoms. The van der Waals surface area contributed by atoms with Gasteiger partial charge in [0.05, 0.1) is 29.7 Å². The minimum Gasteiger partial charge on any atom is -0.495 e. The minimum absolute atomic E-state index is 0.0968. The van der Waals surface area contributed by atoms with E-state index in [0.717, 1.165) is 35.7 Å². The van der Waals surface area contributed by atoms with Gasteiger partial charge < -0.3 is 9.64 Å². The van der Waals surface area contributed by atoms with Crippen molar-refractivity contribution >= 4 is 32.7 Å². The molecule has 198 valence electrons. The number of rotatable bonds is 10. The topological polar surface area (TPSA) is 64.4 Å². The Morgan fingerprint density at radius 1 is 1.05 bits per heavy atom. The third kappa shape index (κ3) is 5.83. The Kier molecular flexibility index (Phi) is 9.00. The van der Waals surface area contributed by atoms with Crippen molar-refractivity contribution in [1.29, 1.82) is 0 Å². The van der Waals surface area contributed by atoms with Crippen LogP contribution in [0.1, 0.15) is 67.3 Å². The molecule has 6 nitrogen and oxygen atoms in total. The van der Waals surface area contributed by atoms with Crippen molar-refractivity contribution in [3.63, 3.8) is 0 Å². The second-order valence-electron chi connectivity index (χ2n) is 9.55. The SMILES string of the molecule is CCCCCCN(C(=O)c1cccc(Br)c1)C(C)c1nc2ccccc2c(=O)n1-c1cc(C)ccc1OC. The molecule has 0 aliphatic carbocycles. The molecule has 0 radical (unpaired) electrons. The van der Waals surface area contributed by atoms with Crippen molar-refractivity contribution in [3.05, 3.63) is 98.5 Å². The average Bonchev–Trinajstić information content (AvgIpc) is 2.92. The van der Waals surface area contributed by atoms with Gasteiger partial charge >= 0.3 is 0 Å². The maximum Gasteiger partial charge on any atom is 0.266 e. The Hall–Kier alpha value is -3.45.